The van der Waals surface area contributed by atoms with Gasteiger partial charge in [-0.05, 0) is 38.5 Å². The smallest absolute Gasteiger partial charge is 0.306 e. The monoisotopic (exact) mass is 590 g/mol. The van der Waals surface area contributed by atoms with Gasteiger partial charge in [-0.1, -0.05) is 80.1 Å². The summed E-state index contributed by atoms with van der Waals surface area (Å²) >= 11 is 0. The maximum absolute atomic E-state index is 10.4. The van der Waals surface area contributed by atoms with Gasteiger partial charge in [-0.3, -0.25) is 14.4 Å². The Balaban J connectivity index is -0.000000174. The molecule has 0 aliphatic rings. The van der Waals surface area contributed by atoms with Crippen LogP contribution in [0.1, 0.15) is 119 Å². The molecule has 6 nitrogen and oxygen atoms in total. The number of hydrogen-bond acceptors (Lipinski definition) is 3. The molecule has 3 unspecified atom stereocenters. The molecule has 0 aliphatic heterocycles. The molecule has 0 spiro atoms. The maximum Gasteiger partial charge on any atom is 0.306 e. The molecule has 0 aromatic rings. The van der Waals surface area contributed by atoms with Crippen molar-refractivity contribution >= 4 is 17.9 Å². The average Bonchev–Trinajstić information content (AvgIpc) is 2.70. The second-order valence-electron chi connectivity index (χ2n) is 7.76. The Kier molecular flexibility index (Phi) is 34.1. The SMILES string of the molecule is CCCCC(CC)C(=O)O.CCCCC(CC)C(=O)O.CCCCC(CC)C(=O)O.[Gd]. The summed E-state index contributed by atoms with van der Waals surface area (Å²) in [6, 6.07) is 0. The minimum absolute atomic E-state index is 0. The third kappa shape index (κ3) is 25.9. The van der Waals surface area contributed by atoms with Crippen LogP contribution in [0.5, 0.6) is 0 Å². The first-order valence-electron chi connectivity index (χ1n) is 11.8. The summed E-state index contributed by atoms with van der Waals surface area (Å²) in [5.74, 6) is -2.26. The first-order valence-corrected chi connectivity index (χ1v) is 11.8. The zero-order valence-electron chi connectivity index (χ0n) is 20.6. The Morgan fingerprint density at radius 2 is 0.710 bits per heavy atom. The Hall–Kier alpha value is -0.265. The normalized spacial score (nSPS) is 12.6. The quantitative estimate of drug-likeness (QED) is 0.192. The van der Waals surface area contributed by atoms with Crippen LogP contribution in [-0.4, -0.2) is 33.2 Å². The van der Waals surface area contributed by atoms with Crippen molar-refractivity contribution in [3.8, 4) is 0 Å². The summed E-state index contributed by atoms with van der Waals surface area (Å²) < 4.78 is 0. The van der Waals surface area contributed by atoms with Crippen LogP contribution < -0.4 is 0 Å². The molecule has 0 rings (SSSR count). The molecule has 3 N–H and O–H groups in total. The Bertz CT molecular complexity index is 366. The van der Waals surface area contributed by atoms with E-state index in [0.717, 1.165) is 77.0 Å². The van der Waals surface area contributed by atoms with Crippen LogP contribution in [0.25, 0.3) is 0 Å². The van der Waals surface area contributed by atoms with E-state index in [-0.39, 0.29) is 57.7 Å². The number of carboxylic acids is 3. The standard InChI is InChI=1S/3C8H16O2.Gd/c3*1-3-5-6-7(4-2)8(9)10;/h3*7H,3-6H2,1-2H3,(H,9,10);. The van der Waals surface area contributed by atoms with Gasteiger partial charge in [0, 0.05) is 39.9 Å². The topological polar surface area (TPSA) is 112 Å². The minimum Gasteiger partial charge on any atom is -0.481 e. The number of carboxylic acid groups (broad SMARTS) is 3. The van der Waals surface area contributed by atoms with Gasteiger partial charge in [0.1, 0.15) is 0 Å². The third-order valence-corrected chi connectivity index (χ3v) is 5.24. The zero-order chi connectivity index (χ0) is 23.9. The van der Waals surface area contributed by atoms with E-state index in [2.05, 4.69) is 20.8 Å². The summed E-state index contributed by atoms with van der Waals surface area (Å²) in [6.07, 6.45) is 11.1. The fraction of sp³-hybridized carbons (Fsp3) is 0.875. The van der Waals surface area contributed by atoms with Crippen molar-refractivity contribution < 1.29 is 69.6 Å². The minimum atomic E-state index is -0.643. The van der Waals surface area contributed by atoms with E-state index in [4.69, 9.17) is 15.3 Å². The Labute approximate surface area is 222 Å². The van der Waals surface area contributed by atoms with Crippen molar-refractivity contribution in [2.24, 2.45) is 17.8 Å². The summed E-state index contributed by atoms with van der Waals surface area (Å²) in [7, 11) is 0. The molecular formula is C24H48GdO6. The largest absolute Gasteiger partial charge is 0.481 e. The van der Waals surface area contributed by atoms with Crippen molar-refractivity contribution in [3.63, 3.8) is 0 Å². The van der Waals surface area contributed by atoms with E-state index < -0.39 is 17.9 Å². The van der Waals surface area contributed by atoms with E-state index in [0.29, 0.717) is 0 Å². The maximum atomic E-state index is 10.4. The predicted octanol–water partition coefficient (Wildman–Crippen LogP) is 6.86. The first kappa shape index (κ1) is 38.0. The summed E-state index contributed by atoms with van der Waals surface area (Å²) in [4.78, 5) is 31.3. The average molecular weight is 590 g/mol. The van der Waals surface area contributed by atoms with Crippen molar-refractivity contribution in [2.45, 2.75) is 119 Å². The van der Waals surface area contributed by atoms with Gasteiger partial charge in [-0.2, -0.15) is 0 Å². The first-order chi connectivity index (χ1) is 14.2. The number of hydrogen-bond donors (Lipinski definition) is 3. The molecule has 7 heteroatoms. The molecule has 0 bridgehead atoms. The molecule has 3 atom stereocenters. The molecule has 0 amide bonds. The number of carbonyl (C=O) groups is 3. The molecule has 188 valence electrons. The van der Waals surface area contributed by atoms with E-state index in [1.165, 1.54) is 0 Å². The van der Waals surface area contributed by atoms with Gasteiger partial charge in [0.25, 0.3) is 0 Å². The summed E-state index contributed by atoms with van der Waals surface area (Å²) in [6.45, 7) is 12.0. The van der Waals surface area contributed by atoms with Crippen LogP contribution in [0.4, 0.5) is 0 Å². The second kappa shape index (κ2) is 27.8. The molecule has 0 aromatic carbocycles. The third-order valence-electron chi connectivity index (χ3n) is 5.24. The van der Waals surface area contributed by atoms with Gasteiger partial charge in [0.15, 0.2) is 0 Å². The molecule has 0 heterocycles. The van der Waals surface area contributed by atoms with Crippen LogP contribution in [0.2, 0.25) is 0 Å². The number of rotatable bonds is 15. The fourth-order valence-electron chi connectivity index (χ4n) is 2.86. The van der Waals surface area contributed by atoms with Crippen LogP contribution in [-0.2, 0) is 14.4 Å². The van der Waals surface area contributed by atoms with Crippen LogP contribution >= 0.6 is 0 Å². The van der Waals surface area contributed by atoms with Crippen molar-refractivity contribution in [3.05, 3.63) is 0 Å². The van der Waals surface area contributed by atoms with E-state index in [1.807, 2.05) is 20.8 Å². The molecular weight excluding hydrogens is 542 g/mol. The molecule has 31 heavy (non-hydrogen) atoms. The van der Waals surface area contributed by atoms with Gasteiger partial charge in [-0.15, -0.1) is 0 Å². The van der Waals surface area contributed by atoms with E-state index in [9.17, 15) is 14.4 Å². The number of unbranched alkanes of at least 4 members (excludes halogenated alkanes) is 3. The van der Waals surface area contributed by atoms with E-state index in [1.54, 1.807) is 0 Å². The van der Waals surface area contributed by atoms with Gasteiger partial charge < -0.3 is 15.3 Å². The van der Waals surface area contributed by atoms with Crippen molar-refractivity contribution in [1.29, 1.82) is 0 Å². The van der Waals surface area contributed by atoms with Crippen LogP contribution in [0.3, 0.4) is 0 Å². The van der Waals surface area contributed by atoms with Crippen LogP contribution in [0, 0.1) is 57.7 Å². The Morgan fingerprint density at radius 1 is 0.516 bits per heavy atom. The van der Waals surface area contributed by atoms with Gasteiger partial charge in [0.05, 0.1) is 17.8 Å². The second-order valence-corrected chi connectivity index (χ2v) is 7.76. The van der Waals surface area contributed by atoms with Crippen molar-refractivity contribution in [1.82, 2.24) is 0 Å². The van der Waals surface area contributed by atoms with Gasteiger partial charge in [-0.25, -0.2) is 0 Å². The number of aliphatic carboxylic acids is 3. The van der Waals surface area contributed by atoms with Gasteiger partial charge in [0.2, 0.25) is 0 Å². The van der Waals surface area contributed by atoms with Crippen LogP contribution in [0.15, 0.2) is 0 Å². The molecule has 0 saturated carbocycles. The Morgan fingerprint density at radius 3 is 0.806 bits per heavy atom. The summed E-state index contributed by atoms with van der Waals surface area (Å²) in [5, 5.41) is 25.8. The molecule has 0 radical (unpaired) electrons. The van der Waals surface area contributed by atoms with Crippen molar-refractivity contribution in [2.75, 3.05) is 0 Å². The predicted molar refractivity (Wildman–Crippen MR) is 123 cm³/mol. The fourth-order valence-corrected chi connectivity index (χ4v) is 2.86. The molecule has 0 aromatic heterocycles. The molecule has 0 fully saturated rings. The van der Waals surface area contributed by atoms with E-state index >= 15 is 0 Å². The zero-order valence-corrected chi connectivity index (χ0v) is 22.9. The van der Waals surface area contributed by atoms with Gasteiger partial charge >= 0.3 is 17.9 Å². The molecule has 0 aliphatic carbocycles. The summed E-state index contributed by atoms with van der Waals surface area (Å²) in [5.41, 5.74) is 0. The molecule has 0 saturated heterocycles.